The van der Waals surface area contributed by atoms with Gasteiger partial charge < -0.3 is 14.7 Å². The van der Waals surface area contributed by atoms with E-state index in [1.54, 1.807) is 30.3 Å². The van der Waals surface area contributed by atoms with Crippen molar-refractivity contribution in [1.82, 2.24) is 4.90 Å². The van der Waals surface area contributed by atoms with Crippen LogP contribution in [0.4, 0.5) is 0 Å². The fourth-order valence-corrected chi connectivity index (χ4v) is 3.41. The molecule has 0 unspecified atom stereocenters. The maximum atomic E-state index is 12.9. The number of rotatable bonds is 6. The highest BCUT2D eigenvalue weighted by molar-refractivity contribution is 6.14. The zero-order valence-electron chi connectivity index (χ0n) is 16.9. The number of ketones is 1. The Morgan fingerprint density at radius 2 is 2.03 bits per heavy atom. The molecule has 0 radical (unpaired) electrons. The van der Waals surface area contributed by atoms with E-state index in [2.05, 4.69) is 4.90 Å². The zero-order valence-corrected chi connectivity index (χ0v) is 16.9. The van der Waals surface area contributed by atoms with Crippen LogP contribution in [0.5, 0.6) is 11.5 Å². The summed E-state index contributed by atoms with van der Waals surface area (Å²) in [5.74, 6) is -0.379. The Morgan fingerprint density at radius 3 is 2.60 bits per heavy atom. The van der Waals surface area contributed by atoms with Crippen molar-refractivity contribution < 1.29 is 19.4 Å². The number of likely N-dealkylation sites (N-methyl/N-ethyl adjacent to an activating group) is 1. The van der Waals surface area contributed by atoms with Gasteiger partial charge in [-0.2, -0.15) is 5.26 Å². The number of nitriles is 1. The molecule has 0 fully saturated rings. The summed E-state index contributed by atoms with van der Waals surface area (Å²) in [7, 11) is 3.47. The molecule has 0 aromatic heterocycles. The smallest absolute Gasteiger partial charge is 0.190 e. The molecule has 30 heavy (non-hydrogen) atoms. The lowest BCUT2D eigenvalue weighted by Gasteiger charge is -2.24. The lowest BCUT2D eigenvalue weighted by molar-refractivity contribution is 0.103. The molecule has 1 N–H and O–H groups in total. The van der Waals surface area contributed by atoms with Crippen molar-refractivity contribution in [2.24, 2.45) is 0 Å². The van der Waals surface area contributed by atoms with Gasteiger partial charge in [0, 0.05) is 18.7 Å². The molecule has 0 spiro atoms. The number of ether oxygens (including phenoxy) is 1. The van der Waals surface area contributed by atoms with Crippen molar-refractivity contribution in [3.05, 3.63) is 70.3 Å². The Balaban J connectivity index is 2.03. The zero-order chi connectivity index (χ0) is 21.7. The molecule has 1 heterocycles. The first-order valence-corrected chi connectivity index (χ1v) is 9.48. The average molecular weight is 402 g/mol. The first-order chi connectivity index (χ1) is 14.5. The fourth-order valence-electron chi connectivity index (χ4n) is 3.41. The lowest BCUT2D eigenvalue weighted by atomic mass is 9.91. The third kappa shape index (κ3) is 4.32. The van der Waals surface area contributed by atoms with E-state index in [4.69, 9.17) is 10.00 Å². The van der Waals surface area contributed by atoms with Gasteiger partial charge in [-0.15, -0.1) is 0 Å². The maximum Gasteiger partial charge on any atom is 0.190 e. The highest BCUT2D eigenvalue weighted by atomic mass is 16.5. The Labute approximate surface area is 175 Å². The number of hydrogen-bond acceptors (Lipinski definition) is 6. The lowest BCUT2D eigenvalue weighted by Crippen LogP contribution is -2.24. The number of carbonyl (C=O) groups is 2. The number of phenols is 1. The third-order valence-electron chi connectivity index (χ3n) is 5.09. The Kier molecular flexibility index (Phi) is 6.45. The predicted octanol–water partition coefficient (Wildman–Crippen LogP) is 3.70. The number of aromatic hydroxyl groups is 1. The molecule has 0 atom stereocenters. The summed E-state index contributed by atoms with van der Waals surface area (Å²) >= 11 is 0. The van der Waals surface area contributed by atoms with Crippen LogP contribution in [-0.2, 0) is 0 Å². The normalized spacial score (nSPS) is 14.2. The van der Waals surface area contributed by atoms with Gasteiger partial charge in [0.2, 0.25) is 0 Å². The van der Waals surface area contributed by atoms with E-state index in [1.165, 1.54) is 19.3 Å². The number of nitrogens with zero attached hydrogens (tertiary/aromatic N) is 2. The molecule has 0 aliphatic carbocycles. The van der Waals surface area contributed by atoms with Gasteiger partial charge in [-0.25, -0.2) is 0 Å². The van der Waals surface area contributed by atoms with Gasteiger partial charge in [-0.3, -0.25) is 9.59 Å². The molecule has 0 saturated heterocycles. The molecule has 1 aliphatic heterocycles. The minimum absolute atomic E-state index is 0.0504. The van der Waals surface area contributed by atoms with Crippen LogP contribution < -0.4 is 4.74 Å². The molecule has 1 aliphatic rings. The minimum Gasteiger partial charge on any atom is -0.506 e. The number of benzene rings is 2. The number of phenolic OH excluding ortho intramolecular Hbond substituents is 1. The number of hydrogen-bond donors (Lipinski definition) is 1. The Bertz CT molecular complexity index is 1080. The molecule has 3 rings (SSSR count). The van der Waals surface area contributed by atoms with Crippen molar-refractivity contribution in [2.45, 2.75) is 6.42 Å². The molecular formula is C24H22N2O4. The highest BCUT2D eigenvalue weighted by Gasteiger charge is 2.25. The van der Waals surface area contributed by atoms with E-state index in [1.807, 2.05) is 19.2 Å². The number of allylic oxidation sites excluding steroid dienone is 1. The summed E-state index contributed by atoms with van der Waals surface area (Å²) in [6.45, 7) is 1.53. The minimum atomic E-state index is -0.489. The van der Waals surface area contributed by atoms with E-state index >= 15 is 0 Å². The van der Waals surface area contributed by atoms with Gasteiger partial charge in [-0.05, 0) is 48.9 Å². The molecule has 2 aromatic rings. The van der Waals surface area contributed by atoms with E-state index in [0.717, 1.165) is 24.2 Å². The summed E-state index contributed by atoms with van der Waals surface area (Å²) in [6.07, 6.45) is 6.11. The van der Waals surface area contributed by atoms with Gasteiger partial charge in [0.15, 0.2) is 12.1 Å². The number of carbonyl (C=O) groups excluding carboxylic acids is 2. The van der Waals surface area contributed by atoms with Crippen molar-refractivity contribution in [3.8, 4) is 17.6 Å². The SMILES string of the molecule is COc1cc(C=O)c(C(=O)/C=C/c2ccc(C#N)cc2)c(O)c1C1=CCN(C)CC1. The average Bonchev–Trinajstić information content (AvgIpc) is 2.77. The first kappa shape index (κ1) is 21.0. The maximum absolute atomic E-state index is 12.9. The Morgan fingerprint density at radius 1 is 1.30 bits per heavy atom. The van der Waals surface area contributed by atoms with Gasteiger partial charge in [0.05, 0.1) is 29.9 Å². The van der Waals surface area contributed by atoms with Crippen LogP contribution in [0.3, 0.4) is 0 Å². The van der Waals surface area contributed by atoms with Crippen molar-refractivity contribution >= 4 is 23.7 Å². The molecule has 152 valence electrons. The van der Waals surface area contributed by atoms with Crippen LogP contribution in [0.2, 0.25) is 0 Å². The molecule has 2 aromatic carbocycles. The van der Waals surface area contributed by atoms with E-state index in [-0.39, 0.29) is 16.9 Å². The molecule has 0 amide bonds. The van der Waals surface area contributed by atoms with Crippen LogP contribution in [0.1, 0.15) is 43.8 Å². The van der Waals surface area contributed by atoms with Crippen molar-refractivity contribution in [2.75, 3.05) is 27.2 Å². The first-order valence-electron chi connectivity index (χ1n) is 9.48. The highest BCUT2D eigenvalue weighted by Crippen LogP contribution is 2.41. The monoisotopic (exact) mass is 402 g/mol. The van der Waals surface area contributed by atoms with E-state index in [9.17, 15) is 14.7 Å². The van der Waals surface area contributed by atoms with Gasteiger partial charge >= 0.3 is 0 Å². The molecular weight excluding hydrogens is 380 g/mol. The molecule has 6 nitrogen and oxygen atoms in total. The number of methoxy groups -OCH3 is 1. The van der Waals surface area contributed by atoms with Crippen molar-refractivity contribution in [3.63, 3.8) is 0 Å². The van der Waals surface area contributed by atoms with Crippen LogP contribution in [0.25, 0.3) is 11.6 Å². The molecule has 0 bridgehead atoms. The summed E-state index contributed by atoms with van der Waals surface area (Å²) < 4.78 is 5.41. The fraction of sp³-hybridized carbons (Fsp3) is 0.208. The largest absolute Gasteiger partial charge is 0.506 e. The topological polar surface area (TPSA) is 90.6 Å². The number of aldehydes is 1. The summed E-state index contributed by atoms with van der Waals surface area (Å²) in [5, 5.41) is 19.9. The van der Waals surface area contributed by atoms with E-state index in [0.29, 0.717) is 29.6 Å². The second kappa shape index (κ2) is 9.21. The van der Waals surface area contributed by atoms with Gasteiger partial charge in [0.1, 0.15) is 11.5 Å². The van der Waals surface area contributed by atoms with Crippen LogP contribution >= 0.6 is 0 Å². The second-order valence-corrected chi connectivity index (χ2v) is 7.06. The molecule has 0 saturated carbocycles. The molecule has 6 heteroatoms. The van der Waals surface area contributed by atoms with E-state index < -0.39 is 5.78 Å². The van der Waals surface area contributed by atoms with Crippen LogP contribution in [-0.4, -0.2) is 49.3 Å². The quantitative estimate of drug-likeness (QED) is 0.450. The van der Waals surface area contributed by atoms with Gasteiger partial charge in [-0.1, -0.05) is 24.3 Å². The summed E-state index contributed by atoms with van der Waals surface area (Å²) in [6, 6.07) is 10.3. The predicted molar refractivity (Wildman–Crippen MR) is 115 cm³/mol. The summed E-state index contributed by atoms with van der Waals surface area (Å²) in [4.78, 5) is 26.7. The van der Waals surface area contributed by atoms with Gasteiger partial charge in [0.25, 0.3) is 0 Å². The Hall–Kier alpha value is -3.69. The van der Waals surface area contributed by atoms with Crippen molar-refractivity contribution in [1.29, 1.82) is 5.26 Å². The standard InChI is InChI=1S/C24H22N2O4/c1-26-11-9-18(10-12-26)23-21(30-2)13-19(15-27)22(24(23)29)20(28)8-7-16-3-5-17(14-25)6-4-16/h3-9,13,15,29H,10-12H2,1-2H3/b8-7+. The van der Waals surface area contributed by atoms with Crippen LogP contribution in [0, 0.1) is 11.3 Å². The van der Waals surface area contributed by atoms with Crippen LogP contribution in [0.15, 0.2) is 42.5 Å². The second-order valence-electron chi connectivity index (χ2n) is 7.06. The summed E-state index contributed by atoms with van der Waals surface area (Å²) in [5.41, 5.74) is 2.59. The third-order valence-corrected chi connectivity index (χ3v) is 5.09.